The van der Waals surface area contributed by atoms with Crippen molar-refractivity contribution in [2.75, 3.05) is 11.6 Å². The highest BCUT2D eigenvalue weighted by Crippen LogP contribution is 2.26. The Hall–Kier alpha value is -1.81. The molecule has 1 aliphatic heterocycles. The van der Waals surface area contributed by atoms with Crippen LogP contribution in [0.25, 0.3) is 0 Å². The summed E-state index contributed by atoms with van der Waals surface area (Å²) in [6, 6.07) is 11.2. The molecular formula is C16H22N4. The molecule has 0 saturated carbocycles. The first-order chi connectivity index (χ1) is 9.75. The number of aromatic nitrogens is 2. The maximum atomic E-state index is 4.47. The van der Waals surface area contributed by atoms with E-state index in [-0.39, 0.29) is 0 Å². The molecule has 3 rings (SSSR count). The smallest absolute Gasteiger partial charge is 0.124 e. The van der Waals surface area contributed by atoms with Gasteiger partial charge >= 0.3 is 0 Å². The van der Waals surface area contributed by atoms with Crippen molar-refractivity contribution < 1.29 is 0 Å². The molecule has 106 valence electrons. The van der Waals surface area contributed by atoms with Crippen molar-refractivity contribution in [1.82, 2.24) is 14.6 Å². The molecule has 4 nitrogen and oxygen atoms in total. The Bertz CT molecular complexity index is 549. The third-order valence-corrected chi connectivity index (χ3v) is 4.09. The monoisotopic (exact) mass is 270 g/mol. The van der Waals surface area contributed by atoms with Crippen molar-refractivity contribution in [3.8, 4) is 0 Å². The minimum Gasteiger partial charge on any atom is -0.337 e. The van der Waals surface area contributed by atoms with Gasteiger partial charge in [0.15, 0.2) is 0 Å². The van der Waals surface area contributed by atoms with Crippen LogP contribution in [-0.2, 0) is 13.6 Å². The van der Waals surface area contributed by atoms with Crippen molar-refractivity contribution in [3.05, 3.63) is 48.5 Å². The van der Waals surface area contributed by atoms with Crippen molar-refractivity contribution in [1.29, 1.82) is 0 Å². The minimum atomic E-state index is 0.542. The van der Waals surface area contributed by atoms with Gasteiger partial charge in [0.2, 0.25) is 0 Å². The van der Waals surface area contributed by atoms with Gasteiger partial charge in [-0.15, -0.1) is 0 Å². The van der Waals surface area contributed by atoms with E-state index in [0.29, 0.717) is 6.04 Å². The van der Waals surface area contributed by atoms with Gasteiger partial charge < -0.3 is 9.58 Å². The number of nitrogens with zero attached hydrogens (tertiary/aromatic N) is 4. The van der Waals surface area contributed by atoms with Crippen LogP contribution in [-0.4, -0.2) is 27.1 Å². The number of anilines is 1. The van der Waals surface area contributed by atoms with Crippen LogP contribution in [0, 0.1) is 0 Å². The molecule has 0 radical (unpaired) electrons. The molecule has 0 unspecified atom stereocenters. The second-order valence-corrected chi connectivity index (χ2v) is 5.50. The van der Waals surface area contributed by atoms with Gasteiger partial charge in [0, 0.05) is 32.0 Å². The van der Waals surface area contributed by atoms with Gasteiger partial charge in [-0.3, -0.25) is 0 Å². The van der Waals surface area contributed by atoms with Crippen LogP contribution in [0.3, 0.4) is 0 Å². The van der Waals surface area contributed by atoms with Gasteiger partial charge in [-0.05, 0) is 31.9 Å². The molecule has 4 heteroatoms. The zero-order chi connectivity index (χ0) is 13.9. The zero-order valence-electron chi connectivity index (χ0n) is 12.2. The molecule has 0 N–H and O–H groups in total. The highest BCUT2D eigenvalue weighted by atomic mass is 15.6. The SMILES string of the molecule is C[C@H]1CCCN(c2ccccc2)N1Cc1nccn1C. The summed E-state index contributed by atoms with van der Waals surface area (Å²) in [6.07, 6.45) is 6.37. The lowest BCUT2D eigenvalue weighted by Gasteiger charge is -2.44. The fourth-order valence-corrected chi connectivity index (χ4v) is 2.86. The van der Waals surface area contributed by atoms with E-state index in [1.54, 1.807) is 0 Å². The number of hydrogen-bond donors (Lipinski definition) is 0. The Kier molecular flexibility index (Phi) is 3.74. The predicted octanol–water partition coefficient (Wildman–Crippen LogP) is 2.83. The van der Waals surface area contributed by atoms with E-state index in [1.807, 2.05) is 12.4 Å². The molecule has 0 spiro atoms. The van der Waals surface area contributed by atoms with E-state index >= 15 is 0 Å². The summed E-state index contributed by atoms with van der Waals surface area (Å²) in [5, 5.41) is 4.85. The molecule has 0 bridgehead atoms. The molecule has 1 atom stereocenters. The molecule has 0 amide bonds. The summed E-state index contributed by atoms with van der Waals surface area (Å²) in [6.45, 7) is 4.25. The first kappa shape index (κ1) is 13.2. The largest absolute Gasteiger partial charge is 0.337 e. The van der Waals surface area contributed by atoms with Crippen LogP contribution in [0.4, 0.5) is 5.69 Å². The number of hydrazine groups is 1. The minimum absolute atomic E-state index is 0.542. The number of imidazole rings is 1. The Morgan fingerprint density at radius 2 is 2.05 bits per heavy atom. The van der Waals surface area contributed by atoms with E-state index in [4.69, 9.17) is 0 Å². The average molecular weight is 270 g/mol. The zero-order valence-corrected chi connectivity index (χ0v) is 12.2. The number of benzene rings is 1. The second-order valence-electron chi connectivity index (χ2n) is 5.50. The van der Waals surface area contributed by atoms with Gasteiger partial charge in [-0.1, -0.05) is 18.2 Å². The van der Waals surface area contributed by atoms with Crippen LogP contribution in [0.5, 0.6) is 0 Å². The molecular weight excluding hydrogens is 248 g/mol. The standard InChI is InChI=1S/C16H22N4/c1-14-7-6-11-19(15-8-4-3-5-9-15)20(14)13-16-17-10-12-18(16)2/h3-5,8-10,12,14H,6-7,11,13H2,1-2H3/t14-/m0/s1. The Morgan fingerprint density at radius 3 is 2.75 bits per heavy atom. The third kappa shape index (κ3) is 2.56. The normalized spacial score (nSPS) is 20.3. The lowest BCUT2D eigenvalue weighted by molar-refractivity contribution is 0.134. The number of aryl methyl sites for hydroxylation is 1. The maximum Gasteiger partial charge on any atom is 0.124 e. The molecule has 1 saturated heterocycles. The molecule has 1 aromatic carbocycles. The summed E-state index contributed by atoms with van der Waals surface area (Å²) in [4.78, 5) is 4.47. The Morgan fingerprint density at radius 1 is 1.25 bits per heavy atom. The van der Waals surface area contributed by atoms with Crippen LogP contribution < -0.4 is 5.01 Å². The summed E-state index contributed by atoms with van der Waals surface area (Å²) in [5.74, 6) is 1.11. The van der Waals surface area contributed by atoms with Crippen LogP contribution in [0.2, 0.25) is 0 Å². The predicted molar refractivity (Wildman–Crippen MR) is 81.2 cm³/mol. The molecule has 1 aromatic heterocycles. The van der Waals surface area contributed by atoms with E-state index in [9.17, 15) is 0 Å². The van der Waals surface area contributed by atoms with E-state index in [1.165, 1.54) is 18.5 Å². The lowest BCUT2D eigenvalue weighted by atomic mass is 10.1. The first-order valence-corrected chi connectivity index (χ1v) is 7.31. The summed E-state index contributed by atoms with van der Waals surface area (Å²) in [5.41, 5.74) is 1.27. The van der Waals surface area contributed by atoms with Gasteiger partial charge in [-0.2, -0.15) is 0 Å². The Labute approximate surface area is 120 Å². The summed E-state index contributed by atoms with van der Waals surface area (Å²) in [7, 11) is 2.06. The molecule has 1 aliphatic rings. The van der Waals surface area contributed by atoms with E-state index < -0.39 is 0 Å². The third-order valence-electron chi connectivity index (χ3n) is 4.09. The number of rotatable bonds is 3. The van der Waals surface area contributed by atoms with E-state index in [2.05, 4.69) is 63.9 Å². The fourth-order valence-electron chi connectivity index (χ4n) is 2.86. The van der Waals surface area contributed by atoms with Crippen molar-refractivity contribution in [2.45, 2.75) is 32.4 Å². The molecule has 1 fully saturated rings. The summed E-state index contributed by atoms with van der Waals surface area (Å²) >= 11 is 0. The second kappa shape index (κ2) is 5.67. The van der Waals surface area contributed by atoms with Crippen LogP contribution in [0.1, 0.15) is 25.6 Å². The molecule has 2 heterocycles. The van der Waals surface area contributed by atoms with Crippen molar-refractivity contribution >= 4 is 5.69 Å². The topological polar surface area (TPSA) is 24.3 Å². The average Bonchev–Trinajstić information content (AvgIpc) is 2.87. The molecule has 2 aromatic rings. The van der Waals surface area contributed by atoms with Gasteiger partial charge in [-0.25, -0.2) is 9.99 Å². The first-order valence-electron chi connectivity index (χ1n) is 7.31. The van der Waals surface area contributed by atoms with Crippen molar-refractivity contribution in [3.63, 3.8) is 0 Å². The van der Waals surface area contributed by atoms with Gasteiger partial charge in [0.1, 0.15) is 5.82 Å². The van der Waals surface area contributed by atoms with Crippen LogP contribution >= 0.6 is 0 Å². The van der Waals surface area contributed by atoms with Crippen molar-refractivity contribution in [2.24, 2.45) is 7.05 Å². The highest BCUT2D eigenvalue weighted by Gasteiger charge is 2.27. The fraction of sp³-hybridized carbons (Fsp3) is 0.438. The summed E-state index contributed by atoms with van der Waals surface area (Å²) < 4.78 is 2.10. The number of para-hydroxylation sites is 1. The molecule has 0 aliphatic carbocycles. The van der Waals surface area contributed by atoms with Gasteiger partial charge in [0.25, 0.3) is 0 Å². The lowest BCUT2D eigenvalue weighted by Crippen LogP contribution is -2.51. The maximum absolute atomic E-state index is 4.47. The van der Waals surface area contributed by atoms with Crippen LogP contribution in [0.15, 0.2) is 42.7 Å². The quantitative estimate of drug-likeness (QED) is 0.857. The highest BCUT2D eigenvalue weighted by molar-refractivity contribution is 5.45. The number of hydrogen-bond acceptors (Lipinski definition) is 3. The van der Waals surface area contributed by atoms with E-state index in [0.717, 1.165) is 18.9 Å². The Balaban J connectivity index is 1.85. The van der Waals surface area contributed by atoms with Gasteiger partial charge in [0.05, 0.1) is 12.2 Å². The molecule has 20 heavy (non-hydrogen) atoms.